The number of nitrogens with one attached hydrogen (secondary N) is 3. The van der Waals surface area contributed by atoms with Gasteiger partial charge in [-0.25, -0.2) is 0 Å². The molecule has 8 heteroatoms. The number of β-lactam (4-membered cyclic amide) rings is 1. The molecule has 2 heterocycles. The van der Waals surface area contributed by atoms with E-state index in [1.807, 2.05) is 0 Å². The monoisotopic (exact) mass is 270 g/mol. The lowest BCUT2D eigenvalue weighted by Crippen LogP contribution is -2.71. The number of primary amides is 1. The number of aliphatic hydroxyl groups excluding tert-OH is 1. The van der Waals surface area contributed by atoms with E-state index in [-0.39, 0.29) is 5.91 Å². The SMILES string of the molecule is C[C@@H](O)[C@H](NC(=O)C1CCC2(CNC2=O)N1)C(N)=O. The van der Waals surface area contributed by atoms with Gasteiger partial charge in [0.15, 0.2) is 0 Å². The van der Waals surface area contributed by atoms with Crippen molar-refractivity contribution in [2.75, 3.05) is 6.54 Å². The van der Waals surface area contributed by atoms with Crippen LogP contribution in [0.3, 0.4) is 0 Å². The zero-order valence-corrected chi connectivity index (χ0v) is 10.6. The molecular formula is C11H18N4O4. The van der Waals surface area contributed by atoms with Crippen LogP contribution in [0.15, 0.2) is 0 Å². The quantitative estimate of drug-likeness (QED) is 0.346. The van der Waals surface area contributed by atoms with Gasteiger partial charge in [0.25, 0.3) is 0 Å². The maximum atomic E-state index is 12.0. The third kappa shape index (κ3) is 2.41. The summed E-state index contributed by atoms with van der Waals surface area (Å²) in [4.78, 5) is 34.5. The Morgan fingerprint density at radius 1 is 1.58 bits per heavy atom. The van der Waals surface area contributed by atoms with Crippen molar-refractivity contribution >= 4 is 17.7 Å². The van der Waals surface area contributed by atoms with Gasteiger partial charge in [0.05, 0.1) is 12.1 Å². The summed E-state index contributed by atoms with van der Waals surface area (Å²) >= 11 is 0. The van der Waals surface area contributed by atoms with Crippen LogP contribution in [0.1, 0.15) is 19.8 Å². The van der Waals surface area contributed by atoms with Crippen molar-refractivity contribution in [2.24, 2.45) is 5.73 Å². The van der Waals surface area contributed by atoms with Crippen LogP contribution in [0.25, 0.3) is 0 Å². The summed E-state index contributed by atoms with van der Waals surface area (Å²) in [6, 6.07) is -1.67. The van der Waals surface area contributed by atoms with Gasteiger partial charge in [-0.15, -0.1) is 0 Å². The Kier molecular flexibility index (Phi) is 3.46. The maximum Gasteiger partial charge on any atom is 0.242 e. The fourth-order valence-electron chi connectivity index (χ4n) is 2.44. The van der Waals surface area contributed by atoms with Gasteiger partial charge in [-0.2, -0.15) is 0 Å². The fourth-order valence-corrected chi connectivity index (χ4v) is 2.44. The lowest BCUT2D eigenvalue weighted by atomic mass is 9.90. The molecule has 2 unspecified atom stereocenters. The van der Waals surface area contributed by atoms with Crippen LogP contribution in [0.4, 0.5) is 0 Å². The molecule has 0 saturated carbocycles. The average molecular weight is 270 g/mol. The van der Waals surface area contributed by atoms with E-state index in [1.54, 1.807) is 0 Å². The Bertz CT molecular complexity index is 425. The van der Waals surface area contributed by atoms with Crippen molar-refractivity contribution in [3.05, 3.63) is 0 Å². The molecule has 8 nitrogen and oxygen atoms in total. The van der Waals surface area contributed by atoms with Crippen molar-refractivity contribution in [2.45, 2.75) is 43.5 Å². The smallest absolute Gasteiger partial charge is 0.242 e. The van der Waals surface area contributed by atoms with Crippen LogP contribution in [0, 0.1) is 0 Å². The van der Waals surface area contributed by atoms with Crippen molar-refractivity contribution in [3.63, 3.8) is 0 Å². The molecule has 0 aromatic carbocycles. The van der Waals surface area contributed by atoms with E-state index < -0.39 is 35.5 Å². The Labute approximate surface area is 110 Å². The summed E-state index contributed by atoms with van der Waals surface area (Å²) in [5.41, 5.74) is 4.46. The van der Waals surface area contributed by atoms with E-state index in [4.69, 9.17) is 5.73 Å². The van der Waals surface area contributed by atoms with Crippen LogP contribution in [0.2, 0.25) is 0 Å². The first kappa shape index (κ1) is 13.8. The van der Waals surface area contributed by atoms with Crippen LogP contribution >= 0.6 is 0 Å². The van der Waals surface area contributed by atoms with Crippen LogP contribution in [0.5, 0.6) is 0 Å². The molecule has 2 fully saturated rings. The first-order chi connectivity index (χ1) is 8.85. The summed E-state index contributed by atoms with van der Waals surface area (Å²) < 4.78 is 0. The van der Waals surface area contributed by atoms with Gasteiger partial charge in [0.1, 0.15) is 11.6 Å². The largest absolute Gasteiger partial charge is 0.391 e. The van der Waals surface area contributed by atoms with Gasteiger partial charge < -0.3 is 21.5 Å². The highest BCUT2D eigenvalue weighted by molar-refractivity contribution is 5.95. The molecule has 106 valence electrons. The molecular weight excluding hydrogens is 252 g/mol. The molecule has 1 spiro atoms. The second-order valence-corrected chi connectivity index (χ2v) is 5.13. The number of rotatable bonds is 4. The summed E-state index contributed by atoms with van der Waals surface area (Å²) in [6.07, 6.45) is 0.0148. The number of nitrogens with two attached hydrogens (primary N) is 1. The van der Waals surface area contributed by atoms with E-state index in [1.165, 1.54) is 6.92 Å². The first-order valence-electron chi connectivity index (χ1n) is 6.19. The Morgan fingerprint density at radius 2 is 2.26 bits per heavy atom. The molecule has 6 N–H and O–H groups in total. The Morgan fingerprint density at radius 3 is 2.63 bits per heavy atom. The predicted octanol–water partition coefficient (Wildman–Crippen LogP) is -3.04. The van der Waals surface area contributed by atoms with E-state index in [0.29, 0.717) is 19.4 Å². The zero-order chi connectivity index (χ0) is 14.2. The Hall–Kier alpha value is -1.67. The number of carbonyl (C=O) groups excluding carboxylic acids is 3. The molecule has 3 amide bonds. The highest BCUT2D eigenvalue weighted by Crippen LogP contribution is 2.28. The molecule has 19 heavy (non-hydrogen) atoms. The molecule has 0 aromatic rings. The van der Waals surface area contributed by atoms with E-state index >= 15 is 0 Å². The van der Waals surface area contributed by atoms with Crippen molar-refractivity contribution in [1.82, 2.24) is 16.0 Å². The maximum absolute atomic E-state index is 12.0. The van der Waals surface area contributed by atoms with Gasteiger partial charge in [-0.3, -0.25) is 19.7 Å². The second-order valence-electron chi connectivity index (χ2n) is 5.13. The first-order valence-corrected chi connectivity index (χ1v) is 6.19. The molecule has 2 rings (SSSR count). The van der Waals surface area contributed by atoms with Crippen LogP contribution in [-0.4, -0.2) is 53.1 Å². The van der Waals surface area contributed by atoms with Crippen LogP contribution < -0.4 is 21.7 Å². The van der Waals surface area contributed by atoms with Gasteiger partial charge in [-0.1, -0.05) is 0 Å². The molecule has 0 aliphatic carbocycles. The van der Waals surface area contributed by atoms with Crippen molar-refractivity contribution < 1.29 is 19.5 Å². The fraction of sp³-hybridized carbons (Fsp3) is 0.727. The summed E-state index contributed by atoms with van der Waals surface area (Å²) in [6.45, 7) is 1.88. The molecule has 0 bridgehead atoms. The topological polar surface area (TPSA) is 134 Å². The third-order valence-electron chi connectivity index (χ3n) is 3.70. The Balaban J connectivity index is 1.94. The minimum absolute atomic E-state index is 0.107. The lowest BCUT2D eigenvalue weighted by molar-refractivity contribution is -0.135. The number of aliphatic hydroxyl groups is 1. The van der Waals surface area contributed by atoms with Gasteiger partial charge in [-0.05, 0) is 19.8 Å². The van der Waals surface area contributed by atoms with E-state index in [0.717, 1.165) is 0 Å². The van der Waals surface area contributed by atoms with Crippen molar-refractivity contribution in [3.8, 4) is 0 Å². The highest BCUT2D eigenvalue weighted by atomic mass is 16.3. The number of hydrogen-bond acceptors (Lipinski definition) is 5. The summed E-state index contributed by atoms with van der Waals surface area (Å²) in [5, 5.41) is 17.4. The molecule has 4 atom stereocenters. The third-order valence-corrected chi connectivity index (χ3v) is 3.70. The molecule has 2 saturated heterocycles. The van der Waals surface area contributed by atoms with Crippen LogP contribution in [-0.2, 0) is 14.4 Å². The zero-order valence-electron chi connectivity index (χ0n) is 10.6. The standard InChI is InChI=1S/C11H18N4O4/c1-5(16)7(8(12)17)14-9(18)6-2-3-11(15-6)4-13-10(11)19/h5-7,15-16H,2-4H2,1H3,(H2,12,17)(H,13,19)(H,14,18)/t5-,6?,7+,11?/m1/s1. The predicted molar refractivity (Wildman–Crippen MR) is 64.7 cm³/mol. The second kappa shape index (κ2) is 4.78. The van der Waals surface area contributed by atoms with E-state index in [9.17, 15) is 19.5 Å². The summed E-state index contributed by atoms with van der Waals surface area (Å²) in [5.74, 6) is -1.33. The molecule has 0 radical (unpaired) electrons. The van der Waals surface area contributed by atoms with Gasteiger partial charge >= 0.3 is 0 Å². The molecule has 2 aliphatic rings. The molecule has 2 aliphatic heterocycles. The normalized spacial score (nSPS) is 32.3. The minimum Gasteiger partial charge on any atom is -0.391 e. The van der Waals surface area contributed by atoms with Crippen molar-refractivity contribution in [1.29, 1.82) is 0 Å². The highest BCUT2D eigenvalue weighted by Gasteiger charge is 2.52. The number of hydrogen-bond donors (Lipinski definition) is 5. The van der Waals surface area contributed by atoms with Gasteiger partial charge in [0, 0.05) is 6.54 Å². The minimum atomic E-state index is -1.12. The number of carbonyl (C=O) groups is 3. The van der Waals surface area contributed by atoms with E-state index in [2.05, 4.69) is 16.0 Å². The molecule has 0 aromatic heterocycles. The summed E-state index contributed by atoms with van der Waals surface area (Å²) in [7, 11) is 0. The van der Waals surface area contributed by atoms with Gasteiger partial charge in [0.2, 0.25) is 17.7 Å². The average Bonchev–Trinajstić information content (AvgIpc) is 2.80. The number of amides is 3. The lowest BCUT2D eigenvalue weighted by Gasteiger charge is -2.38.